The lowest BCUT2D eigenvalue weighted by molar-refractivity contribution is 0.402. The summed E-state index contributed by atoms with van der Waals surface area (Å²) in [6.07, 6.45) is 5.72. The van der Waals surface area contributed by atoms with Crippen LogP contribution in [0.4, 0.5) is 5.95 Å². The van der Waals surface area contributed by atoms with Crippen LogP contribution in [-0.4, -0.2) is 36.1 Å². The number of hydrogen-bond donors (Lipinski definition) is 1. The molecule has 0 amide bonds. The molecular weight excluding hydrogens is 236 g/mol. The Hall–Kier alpha value is -0.870. The molecule has 2 rings (SSSR count). The summed E-state index contributed by atoms with van der Waals surface area (Å²) in [6.45, 7) is 4.13. The summed E-state index contributed by atoms with van der Waals surface area (Å²) in [7, 11) is 2.06. The van der Waals surface area contributed by atoms with Gasteiger partial charge in [0.05, 0.1) is 0 Å². The van der Waals surface area contributed by atoms with Crippen molar-refractivity contribution < 1.29 is 0 Å². The van der Waals surface area contributed by atoms with E-state index in [0.29, 0.717) is 6.04 Å². The second-order valence-electron chi connectivity index (χ2n) is 4.53. The number of halogens is 1. The van der Waals surface area contributed by atoms with Gasteiger partial charge in [0.2, 0.25) is 5.95 Å². The average Bonchev–Trinajstić information content (AvgIpc) is 2.30. The minimum atomic E-state index is 0. The summed E-state index contributed by atoms with van der Waals surface area (Å²) in [5.74, 6) is 0.826. The highest BCUT2D eigenvalue weighted by molar-refractivity contribution is 5.85. The Labute approximate surface area is 109 Å². The van der Waals surface area contributed by atoms with E-state index < -0.39 is 0 Å². The molecule has 1 saturated heterocycles. The van der Waals surface area contributed by atoms with E-state index in [1.54, 1.807) is 0 Å². The fraction of sp³-hybridized carbons (Fsp3) is 0.667. The Morgan fingerprint density at radius 3 is 2.94 bits per heavy atom. The number of nitrogens with one attached hydrogen (secondary N) is 1. The van der Waals surface area contributed by atoms with Crippen molar-refractivity contribution in [3.05, 3.63) is 18.0 Å². The zero-order valence-corrected chi connectivity index (χ0v) is 11.3. The number of nitrogens with zero attached hydrogens (tertiary/aromatic N) is 3. The molecule has 1 aliphatic heterocycles. The lowest BCUT2D eigenvalue weighted by Gasteiger charge is -2.28. The van der Waals surface area contributed by atoms with E-state index in [0.717, 1.165) is 24.7 Å². The first-order chi connectivity index (χ1) is 7.75. The van der Waals surface area contributed by atoms with Crippen molar-refractivity contribution in [3.63, 3.8) is 0 Å². The molecule has 0 bridgehead atoms. The Kier molecular flexibility index (Phi) is 5.65. The standard InChI is InChI=1S/C12H20N4.ClH/c1-10-6-8-14-12(15-10)16(2)9-11-5-3-4-7-13-11;/h6,8,11,13H,3-5,7,9H2,1-2H3;1H. The number of likely N-dealkylation sites (N-methyl/N-ethyl adjacent to an activating group) is 1. The summed E-state index contributed by atoms with van der Waals surface area (Å²) in [4.78, 5) is 10.9. The molecule has 1 aromatic heterocycles. The first-order valence-electron chi connectivity index (χ1n) is 6.00. The van der Waals surface area contributed by atoms with E-state index in [4.69, 9.17) is 0 Å². The molecule has 5 heteroatoms. The zero-order valence-electron chi connectivity index (χ0n) is 10.5. The van der Waals surface area contributed by atoms with Gasteiger partial charge < -0.3 is 10.2 Å². The van der Waals surface area contributed by atoms with E-state index in [-0.39, 0.29) is 12.4 Å². The minimum Gasteiger partial charge on any atom is -0.342 e. The van der Waals surface area contributed by atoms with Gasteiger partial charge in [-0.15, -0.1) is 12.4 Å². The van der Waals surface area contributed by atoms with Crippen molar-refractivity contribution in [2.45, 2.75) is 32.2 Å². The highest BCUT2D eigenvalue weighted by Gasteiger charge is 2.15. The van der Waals surface area contributed by atoms with Crippen LogP contribution in [0, 0.1) is 6.92 Å². The van der Waals surface area contributed by atoms with Gasteiger partial charge >= 0.3 is 0 Å². The lowest BCUT2D eigenvalue weighted by atomic mass is 10.0. The Morgan fingerprint density at radius 1 is 1.47 bits per heavy atom. The normalized spacial score (nSPS) is 19.5. The van der Waals surface area contributed by atoms with Gasteiger partial charge in [-0.1, -0.05) is 6.42 Å². The van der Waals surface area contributed by atoms with Crippen molar-refractivity contribution in [1.82, 2.24) is 15.3 Å². The lowest BCUT2D eigenvalue weighted by Crippen LogP contribution is -2.42. The third-order valence-electron chi connectivity index (χ3n) is 3.03. The maximum absolute atomic E-state index is 4.43. The maximum atomic E-state index is 4.43. The number of aromatic nitrogens is 2. The molecule has 1 aliphatic rings. The van der Waals surface area contributed by atoms with Crippen LogP contribution in [-0.2, 0) is 0 Å². The predicted molar refractivity (Wildman–Crippen MR) is 72.9 cm³/mol. The van der Waals surface area contributed by atoms with Crippen LogP contribution in [0.15, 0.2) is 12.3 Å². The average molecular weight is 257 g/mol. The molecule has 1 fully saturated rings. The third kappa shape index (κ3) is 4.13. The predicted octanol–water partition coefficient (Wildman–Crippen LogP) is 1.79. The Bertz CT molecular complexity index is 339. The van der Waals surface area contributed by atoms with E-state index >= 15 is 0 Å². The first-order valence-corrected chi connectivity index (χ1v) is 6.00. The smallest absolute Gasteiger partial charge is 0.225 e. The first kappa shape index (κ1) is 14.2. The van der Waals surface area contributed by atoms with Gasteiger partial charge in [-0.3, -0.25) is 0 Å². The molecule has 17 heavy (non-hydrogen) atoms. The van der Waals surface area contributed by atoms with Crippen molar-refractivity contribution in [2.75, 3.05) is 25.0 Å². The largest absolute Gasteiger partial charge is 0.342 e. The molecule has 0 saturated carbocycles. The molecule has 2 heterocycles. The molecule has 1 N–H and O–H groups in total. The molecule has 1 atom stereocenters. The van der Waals surface area contributed by atoms with Crippen molar-refractivity contribution >= 4 is 18.4 Å². The molecule has 1 aromatic rings. The van der Waals surface area contributed by atoms with Crippen LogP contribution in [0.1, 0.15) is 25.0 Å². The summed E-state index contributed by atoms with van der Waals surface area (Å²) in [5.41, 5.74) is 1.02. The van der Waals surface area contributed by atoms with Gasteiger partial charge in [-0.2, -0.15) is 0 Å². The molecule has 96 valence electrons. The highest BCUT2D eigenvalue weighted by Crippen LogP contribution is 2.11. The third-order valence-corrected chi connectivity index (χ3v) is 3.03. The summed E-state index contributed by atoms with van der Waals surface area (Å²) < 4.78 is 0. The van der Waals surface area contributed by atoms with Crippen LogP contribution < -0.4 is 10.2 Å². The monoisotopic (exact) mass is 256 g/mol. The molecule has 4 nitrogen and oxygen atoms in total. The number of piperidine rings is 1. The van der Waals surface area contributed by atoms with Gasteiger partial charge in [0.1, 0.15) is 0 Å². The van der Waals surface area contributed by atoms with Crippen LogP contribution in [0.3, 0.4) is 0 Å². The van der Waals surface area contributed by atoms with Crippen molar-refractivity contribution in [1.29, 1.82) is 0 Å². The highest BCUT2D eigenvalue weighted by atomic mass is 35.5. The van der Waals surface area contributed by atoms with Gasteiger partial charge in [-0.05, 0) is 32.4 Å². The second-order valence-corrected chi connectivity index (χ2v) is 4.53. The van der Waals surface area contributed by atoms with Gasteiger partial charge in [0.15, 0.2) is 0 Å². The Morgan fingerprint density at radius 2 is 2.29 bits per heavy atom. The maximum Gasteiger partial charge on any atom is 0.225 e. The SMILES string of the molecule is Cc1ccnc(N(C)CC2CCCCN2)n1.Cl. The molecule has 0 aliphatic carbocycles. The fourth-order valence-electron chi connectivity index (χ4n) is 2.11. The van der Waals surface area contributed by atoms with Crippen molar-refractivity contribution in [2.24, 2.45) is 0 Å². The van der Waals surface area contributed by atoms with E-state index in [2.05, 4.69) is 27.2 Å². The van der Waals surface area contributed by atoms with E-state index in [1.165, 1.54) is 19.3 Å². The fourth-order valence-corrected chi connectivity index (χ4v) is 2.11. The number of aryl methyl sites for hydroxylation is 1. The Balaban J connectivity index is 0.00000144. The molecule has 0 aromatic carbocycles. The van der Waals surface area contributed by atoms with Crippen molar-refractivity contribution in [3.8, 4) is 0 Å². The van der Waals surface area contributed by atoms with Crippen LogP contribution in [0.2, 0.25) is 0 Å². The summed E-state index contributed by atoms with van der Waals surface area (Å²) in [5, 5.41) is 3.54. The summed E-state index contributed by atoms with van der Waals surface area (Å²) in [6, 6.07) is 2.51. The summed E-state index contributed by atoms with van der Waals surface area (Å²) >= 11 is 0. The van der Waals surface area contributed by atoms with E-state index in [9.17, 15) is 0 Å². The van der Waals surface area contributed by atoms with Gasteiger partial charge in [-0.25, -0.2) is 9.97 Å². The quantitative estimate of drug-likeness (QED) is 0.895. The molecule has 1 unspecified atom stereocenters. The number of anilines is 1. The second kappa shape index (κ2) is 6.77. The number of hydrogen-bond acceptors (Lipinski definition) is 4. The molecule has 0 spiro atoms. The molecular formula is C12H21ClN4. The zero-order chi connectivity index (χ0) is 11.4. The van der Waals surface area contributed by atoms with Crippen LogP contribution in [0.5, 0.6) is 0 Å². The molecule has 0 radical (unpaired) electrons. The number of rotatable bonds is 3. The van der Waals surface area contributed by atoms with E-state index in [1.807, 2.05) is 19.2 Å². The minimum absolute atomic E-state index is 0. The van der Waals surface area contributed by atoms with Crippen LogP contribution in [0.25, 0.3) is 0 Å². The topological polar surface area (TPSA) is 41.1 Å². The van der Waals surface area contributed by atoms with Gasteiger partial charge in [0, 0.05) is 31.5 Å². The van der Waals surface area contributed by atoms with Crippen LogP contribution >= 0.6 is 12.4 Å². The van der Waals surface area contributed by atoms with Gasteiger partial charge in [0.25, 0.3) is 0 Å².